The summed E-state index contributed by atoms with van der Waals surface area (Å²) >= 11 is 1.51. The highest BCUT2D eigenvalue weighted by molar-refractivity contribution is 7.98. The van der Waals surface area contributed by atoms with Crippen LogP contribution in [0.15, 0.2) is 52.3 Å². The standard InChI is InChI=1S/C14H14N2O4S2/c1-10-13(4-3-5-14(10)16(17)18)15-22(19,20)12-8-6-11(21-2)7-9-12/h3-9,15H,1-2H3. The molecule has 0 heterocycles. The minimum absolute atomic E-state index is 0.108. The normalized spacial score (nSPS) is 11.2. The summed E-state index contributed by atoms with van der Waals surface area (Å²) in [6.07, 6.45) is 1.90. The first-order chi connectivity index (χ1) is 10.3. The molecule has 6 nitrogen and oxygen atoms in total. The molecule has 0 bridgehead atoms. The van der Waals surface area contributed by atoms with Gasteiger partial charge in [0.1, 0.15) is 0 Å². The molecule has 0 saturated heterocycles. The van der Waals surface area contributed by atoms with E-state index in [9.17, 15) is 18.5 Å². The van der Waals surface area contributed by atoms with Crippen LogP contribution in [0.3, 0.4) is 0 Å². The van der Waals surface area contributed by atoms with E-state index in [2.05, 4.69) is 4.72 Å². The molecular weight excluding hydrogens is 324 g/mol. The summed E-state index contributed by atoms with van der Waals surface area (Å²) in [7, 11) is -3.79. The Kier molecular flexibility index (Phi) is 4.72. The molecule has 0 unspecified atom stereocenters. The maximum atomic E-state index is 12.3. The monoisotopic (exact) mass is 338 g/mol. The molecule has 0 fully saturated rings. The average molecular weight is 338 g/mol. The van der Waals surface area contributed by atoms with Crippen LogP contribution in [0, 0.1) is 17.0 Å². The van der Waals surface area contributed by atoms with Crippen molar-refractivity contribution in [3.8, 4) is 0 Å². The van der Waals surface area contributed by atoms with E-state index < -0.39 is 14.9 Å². The van der Waals surface area contributed by atoms with E-state index in [4.69, 9.17) is 0 Å². The second-order valence-electron chi connectivity index (χ2n) is 4.49. The zero-order chi connectivity index (χ0) is 16.3. The third-order valence-electron chi connectivity index (χ3n) is 3.12. The summed E-state index contributed by atoms with van der Waals surface area (Å²) in [5, 5.41) is 10.9. The topological polar surface area (TPSA) is 89.3 Å². The lowest BCUT2D eigenvalue weighted by Gasteiger charge is -2.11. The van der Waals surface area contributed by atoms with Crippen molar-refractivity contribution >= 4 is 33.2 Å². The molecule has 0 atom stereocenters. The fourth-order valence-electron chi connectivity index (χ4n) is 1.89. The smallest absolute Gasteiger partial charge is 0.274 e. The number of hydrogen-bond acceptors (Lipinski definition) is 5. The van der Waals surface area contributed by atoms with Crippen LogP contribution in [-0.2, 0) is 10.0 Å². The summed E-state index contributed by atoms with van der Waals surface area (Å²) in [5.74, 6) is 0. The van der Waals surface area contributed by atoms with E-state index in [0.29, 0.717) is 0 Å². The number of nitro benzene ring substituents is 1. The summed E-state index contributed by atoms with van der Waals surface area (Å²) in [6.45, 7) is 1.51. The molecule has 22 heavy (non-hydrogen) atoms. The fourth-order valence-corrected chi connectivity index (χ4v) is 3.42. The van der Waals surface area contributed by atoms with Crippen molar-refractivity contribution in [2.75, 3.05) is 11.0 Å². The maximum Gasteiger partial charge on any atom is 0.274 e. The van der Waals surface area contributed by atoms with Crippen LogP contribution in [0.2, 0.25) is 0 Å². The highest BCUT2D eigenvalue weighted by Crippen LogP contribution is 2.27. The first-order valence-corrected chi connectivity index (χ1v) is 8.97. The molecule has 1 N–H and O–H groups in total. The Morgan fingerprint density at radius 3 is 2.32 bits per heavy atom. The third-order valence-corrected chi connectivity index (χ3v) is 5.24. The Balaban J connectivity index is 2.36. The number of nitro groups is 1. The first kappa shape index (κ1) is 16.3. The van der Waals surface area contributed by atoms with Gasteiger partial charge in [-0.2, -0.15) is 0 Å². The number of nitrogens with one attached hydrogen (secondary N) is 1. The highest BCUT2D eigenvalue weighted by Gasteiger charge is 2.19. The Bertz CT molecular complexity index is 802. The lowest BCUT2D eigenvalue weighted by Crippen LogP contribution is -2.14. The van der Waals surface area contributed by atoms with Crippen LogP contribution in [-0.4, -0.2) is 19.6 Å². The molecule has 8 heteroatoms. The largest absolute Gasteiger partial charge is 0.279 e. The third kappa shape index (κ3) is 3.40. The van der Waals surface area contributed by atoms with Crippen molar-refractivity contribution in [3.63, 3.8) is 0 Å². The number of hydrogen-bond donors (Lipinski definition) is 1. The summed E-state index contributed by atoms with van der Waals surface area (Å²) in [5.41, 5.74) is 0.345. The van der Waals surface area contributed by atoms with Gasteiger partial charge in [0.05, 0.1) is 21.1 Å². The van der Waals surface area contributed by atoms with E-state index in [1.165, 1.54) is 49.0 Å². The van der Waals surface area contributed by atoms with E-state index >= 15 is 0 Å². The lowest BCUT2D eigenvalue weighted by atomic mass is 10.2. The number of benzene rings is 2. The van der Waals surface area contributed by atoms with Gasteiger partial charge in [-0.15, -0.1) is 11.8 Å². The van der Waals surface area contributed by atoms with E-state index in [0.717, 1.165) is 4.90 Å². The molecule has 116 valence electrons. The van der Waals surface area contributed by atoms with Gasteiger partial charge in [0.15, 0.2) is 0 Å². The molecule has 0 spiro atoms. The van der Waals surface area contributed by atoms with Crippen LogP contribution in [0.25, 0.3) is 0 Å². The Morgan fingerprint density at radius 1 is 1.14 bits per heavy atom. The predicted octanol–water partition coefficient (Wildman–Crippen LogP) is 3.43. The summed E-state index contributed by atoms with van der Waals surface area (Å²) < 4.78 is 27.1. The second kappa shape index (κ2) is 6.37. The summed E-state index contributed by atoms with van der Waals surface area (Å²) in [6, 6.07) is 10.7. The Labute approximate surface area is 132 Å². The van der Waals surface area contributed by atoms with Gasteiger partial charge < -0.3 is 0 Å². The molecule has 0 aliphatic heterocycles. The van der Waals surface area contributed by atoms with Crippen LogP contribution in [0.5, 0.6) is 0 Å². The maximum absolute atomic E-state index is 12.3. The molecular formula is C14H14N2O4S2. The van der Waals surface area contributed by atoms with Crippen molar-refractivity contribution in [2.24, 2.45) is 0 Å². The van der Waals surface area contributed by atoms with Crippen molar-refractivity contribution < 1.29 is 13.3 Å². The number of nitrogens with zero attached hydrogens (tertiary/aromatic N) is 1. The molecule has 2 rings (SSSR count). The minimum Gasteiger partial charge on any atom is -0.279 e. The van der Waals surface area contributed by atoms with Crippen molar-refractivity contribution in [1.82, 2.24) is 0 Å². The van der Waals surface area contributed by atoms with Gasteiger partial charge >= 0.3 is 0 Å². The van der Waals surface area contributed by atoms with Gasteiger partial charge in [0, 0.05) is 11.0 Å². The first-order valence-electron chi connectivity index (χ1n) is 6.26. The van der Waals surface area contributed by atoms with Crippen LogP contribution in [0.1, 0.15) is 5.56 Å². The van der Waals surface area contributed by atoms with Gasteiger partial charge in [-0.05, 0) is 43.5 Å². The molecule has 2 aromatic rings. The van der Waals surface area contributed by atoms with Gasteiger partial charge in [-0.3, -0.25) is 14.8 Å². The molecule has 0 amide bonds. The van der Waals surface area contributed by atoms with Crippen LogP contribution in [0.4, 0.5) is 11.4 Å². The highest BCUT2D eigenvalue weighted by atomic mass is 32.2. The SMILES string of the molecule is CSc1ccc(S(=O)(=O)Nc2cccc([N+](=O)[O-])c2C)cc1. The predicted molar refractivity (Wildman–Crippen MR) is 86.9 cm³/mol. The Hall–Kier alpha value is -2.06. The molecule has 0 aromatic heterocycles. The zero-order valence-corrected chi connectivity index (χ0v) is 13.6. The second-order valence-corrected chi connectivity index (χ2v) is 7.05. The fraction of sp³-hybridized carbons (Fsp3) is 0.143. The van der Waals surface area contributed by atoms with Gasteiger partial charge in [-0.25, -0.2) is 8.42 Å². The quantitative estimate of drug-likeness (QED) is 0.512. The lowest BCUT2D eigenvalue weighted by molar-refractivity contribution is -0.385. The van der Waals surface area contributed by atoms with Crippen LogP contribution < -0.4 is 4.72 Å². The molecule has 0 saturated carbocycles. The van der Waals surface area contributed by atoms with Gasteiger partial charge in [0.25, 0.3) is 15.7 Å². The summed E-state index contributed by atoms with van der Waals surface area (Å²) in [4.78, 5) is 11.4. The van der Waals surface area contributed by atoms with E-state index in [1.807, 2.05) is 6.26 Å². The van der Waals surface area contributed by atoms with Gasteiger partial charge in [0.2, 0.25) is 0 Å². The van der Waals surface area contributed by atoms with E-state index in [-0.39, 0.29) is 21.8 Å². The number of anilines is 1. The number of thioether (sulfide) groups is 1. The molecule has 0 radical (unpaired) electrons. The number of rotatable bonds is 5. The van der Waals surface area contributed by atoms with Crippen molar-refractivity contribution in [3.05, 3.63) is 58.1 Å². The van der Waals surface area contributed by atoms with Crippen molar-refractivity contribution in [2.45, 2.75) is 16.7 Å². The number of sulfonamides is 1. The van der Waals surface area contributed by atoms with Gasteiger partial charge in [-0.1, -0.05) is 6.07 Å². The molecule has 0 aliphatic carbocycles. The molecule has 0 aliphatic rings. The molecule has 2 aromatic carbocycles. The van der Waals surface area contributed by atoms with E-state index in [1.54, 1.807) is 12.1 Å². The Morgan fingerprint density at radius 2 is 1.77 bits per heavy atom. The average Bonchev–Trinajstić information content (AvgIpc) is 2.49. The zero-order valence-electron chi connectivity index (χ0n) is 11.9. The van der Waals surface area contributed by atoms with Crippen molar-refractivity contribution in [1.29, 1.82) is 0 Å². The minimum atomic E-state index is -3.79. The van der Waals surface area contributed by atoms with Crippen LogP contribution >= 0.6 is 11.8 Å².